The molecule has 0 radical (unpaired) electrons. The summed E-state index contributed by atoms with van der Waals surface area (Å²) in [5.41, 5.74) is 2.43. The van der Waals surface area contributed by atoms with E-state index in [9.17, 15) is 8.42 Å². The summed E-state index contributed by atoms with van der Waals surface area (Å²) in [7, 11) is -3.44. The van der Waals surface area contributed by atoms with E-state index in [1.54, 1.807) is 16.4 Å². The Hall–Kier alpha value is -1.69. The van der Waals surface area contributed by atoms with Gasteiger partial charge in [0.2, 0.25) is 10.0 Å². The zero-order valence-electron chi connectivity index (χ0n) is 16.6. The first-order valence-corrected chi connectivity index (χ1v) is 11.1. The van der Waals surface area contributed by atoms with Crippen LogP contribution in [0.3, 0.4) is 0 Å². The average molecular weight is 387 g/mol. The normalized spacial score (nSPS) is 17.6. The summed E-state index contributed by atoms with van der Waals surface area (Å²) in [6, 6.07) is 17.7. The Morgan fingerprint density at radius 1 is 0.852 bits per heavy atom. The molecule has 1 fully saturated rings. The molecule has 0 N–H and O–H groups in total. The van der Waals surface area contributed by atoms with Crippen LogP contribution in [0, 0.1) is 0 Å². The topological polar surface area (TPSA) is 40.6 Å². The summed E-state index contributed by atoms with van der Waals surface area (Å²) in [6.07, 6.45) is 0.853. The summed E-state index contributed by atoms with van der Waals surface area (Å²) in [5.74, 6) is 0. The van der Waals surface area contributed by atoms with Crippen molar-refractivity contribution in [2.75, 3.05) is 26.2 Å². The van der Waals surface area contributed by atoms with Gasteiger partial charge >= 0.3 is 0 Å². The quantitative estimate of drug-likeness (QED) is 0.801. The first-order valence-electron chi connectivity index (χ1n) is 9.64. The van der Waals surface area contributed by atoms with Crippen molar-refractivity contribution in [3.05, 3.63) is 65.7 Å². The van der Waals surface area contributed by atoms with E-state index in [0.29, 0.717) is 18.0 Å². The fourth-order valence-electron chi connectivity index (χ4n) is 3.46. The second-order valence-electron chi connectivity index (χ2n) is 8.29. The predicted octanol–water partition coefficient (Wildman–Crippen LogP) is 3.88. The average Bonchev–Trinajstić information content (AvgIpc) is 2.88. The molecule has 0 amide bonds. The summed E-state index contributed by atoms with van der Waals surface area (Å²) < 4.78 is 27.8. The molecule has 0 unspecified atom stereocenters. The lowest BCUT2D eigenvalue weighted by atomic mass is 9.87. The number of sulfonamides is 1. The third-order valence-electron chi connectivity index (χ3n) is 5.15. The van der Waals surface area contributed by atoms with Crippen molar-refractivity contribution in [2.45, 2.75) is 44.0 Å². The molecule has 4 nitrogen and oxygen atoms in total. The highest BCUT2D eigenvalue weighted by Gasteiger charge is 2.27. The van der Waals surface area contributed by atoms with E-state index < -0.39 is 10.0 Å². The Kier molecular flexibility index (Phi) is 6.04. The van der Waals surface area contributed by atoms with Crippen molar-refractivity contribution in [1.82, 2.24) is 9.21 Å². The summed E-state index contributed by atoms with van der Waals surface area (Å²) in [5, 5.41) is 0. The zero-order chi connectivity index (χ0) is 19.5. The van der Waals surface area contributed by atoms with E-state index in [1.165, 1.54) is 5.56 Å². The highest BCUT2D eigenvalue weighted by Crippen LogP contribution is 2.25. The minimum atomic E-state index is -3.44. The van der Waals surface area contributed by atoms with E-state index >= 15 is 0 Å². The minimum Gasteiger partial charge on any atom is -0.298 e. The maximum Gasteiger partial charge on any atom is 0.243 e. The molecule has 5 heteroatoms. The van der Waals surface area contributed by atoms with Crippen LogP contribution in [-0.4, -0.2) is 43.8 Å². The smallest absolute Gasteiger partial charge is 0.243 e. The van der Waals surface area contributed by atoms with Gasteiger partial charge in [0.25, 0.3) is 0 Å². The second-order valence-corrected chi connectivity index (χ2v) is 10.2. The lowest BCUT2D eigenvalue weighted by Crippen LogP contribution is -2.35. The van der Waals surface area contributed by atoms with Gasteiger partial charge in [-0.2, -0.15) is 4.31 Å². The maximum absolute atomic E-state index is 13.1. The van der Waals surface area contributed by atoms with Gasteiger partial charge in [0.1, 0.15) is 0 Å². The molecule has 1 heterocycles. The first kappa shape index (κ1) is 20.1. The molecule has 0 spiro atoms. The SMILES string of the molecule is CC(C)(C)c1ccc(S(=O)(=O)N2CCCN(Cc3ccccc3)CC2)cc1. The molecule has 0 saturated carbocycles. The molecular formula is C22H30N2O2S. The van der Waals surface area contributed by atoms with Crippen molar-refractivity contribution in [2.24, 2.45) is 0 Å². The lowest BCUT2D eigenvalue weighted by molar-refractivity contribution is 0.278. The van der Waals surface area contributed by atoms with E-state index in [1.807, 2.05) is 30.3 Å². The molecule has 27 heavy (non-hydrogen) atoms. The van der Waals surface area contributed by atoms with Gasteiger partial charge < -0.3 is 0 Å². The first-order chi connectivity index (χ1) is 12.8. The molecule has 0 atom stereocenters. The Morgan fingerprint density at radius 3 is 2.15 bits per heavy atom. The number of hydrogen-bond donors (Lipinski definition) is 0. The van der Waals surface area contributed by atoms with Gasteiger partial charge in [-0.05, 0) is 41.6 Å². The molecule has 2 aromatic rings. The van der Waals surface area contributed by atoms with Gasteiger partial charge in [0.15, 0.2) is 0 Å². The molecular weight excluding hydrogens is 356 g/mol. The fourth-order valence-corrected chi connectivity index (χ4v) is 4.93. The highest BCUT2D eigenvalue weighted by molar-refractivity contribution is 7.89. The Morgan fingerprint density at radius 2 is 1.52 bits per heavy atom. The van der Waals surface area contributed by atoms with E-state index in [-0.39, 0.29) is 5.41 Å². The maximum atomic E-state index is 13.1. The number of benzene rings is 2. The van der Waals surface area contributed by atoms with Crippen LogP contribution in [0.15, 0.2) is 59.5 Å². The molecule has 1 aliphatic heterocycles. The van der Waals surface area contributed by atoms with Crippen molar-refractivity contribution >= 4 is 10.0 Å². The molecule has 0 aromatic heterocycles. The van der Waals surface area contributed by atoms with Crippen LogP contribution in [0.2, 0.25) is 0 Å². The molecule has 1 aliphatic rings. The molecule has 2 aromatic carbocycles. The van der Waals surface area contributed by atoms with Crippen LogP contribution in [0.1, 0.15) is 38.3 Å². The molecule has 0 bridgehead atoms. The summed E-state index contributed by atoms with van der Waals surface area (Å²) >= 11 is 0. The van der Waals surface area contributed by atoms with Crippen LogP contribution < -0.4 is 0 Å². The number of rotatable bonds is 4. The molecule has 0 aliphatic carbocycles. The van der Waals surface area contributed by atoms with Crippen molar-refractivity contribution < 1.29 is 8.42 Å². The number of hydrogen-bond acceptors (Lipinski definition) is 3. The van der Waals surface area contributed by atoms with Gasteiger partial charge in [-0.15, -0.1) is 0 Å². The van der Waals surface area contributed by atoms with Crippen molar-refractivity contribution in [3.8, 4) is 0 Å². The summed E-state index contributed by atoms with van der Waals surface area (Å²) in [6.45, 7) is 10.1. The van der Waals surface area contributed by atoms with E-state index in [2.05, 4.69) is 37.8 Å². The van der Waals surface area contributed by atoms with E-state index in [4.69, 9.17) is 0 Å². The fraction of sp³-hybridized carbons (Fsp3) is 0.455. The third-order valence-corrected chi connectivity index (χ3v) is 7.07. The lowest BCUT2D eigenvalue weighted by Gasteiger charge is -2.23. The second kappa shape index (κ2) is 8.13. The van der Waals surface area contributed by atoms with Crippen LogP contribution in [0.4, 0.5) is 0 Å². The van der Waals surface area contributed by atoms with Crippen LogP contribution in [0.25, 0.3) is 0 Å². The largest absolute Gasteiger partial charge is 0.298 e. The van der Waals surface area contributed by atoms with Crippen LogP contribution in [0.5, 0.6) is 0 Å². The van der Waals surface area contributed by atoms with Crippen LogP contribution >= 0.6 is 0 Å². The van der Waals surface area contributed by atoms with Crippen molar-refractivity contribution in [1.29, 1.82) is 0 Å². The van der Waals surface area contributed by atoms with Gasteiger partial charge in [0.05, 0.1) is 4.90 Å². The standard InChI is InChI=1S/C22H30N2O2S/c1-22(2,3)20-10-12-21(13-11-20)27(25,26)24-15-7-14-23(16-17-24)18-19-8-5-4-6-9-19/h4-6,8-13H,7,14-18H2,1-3H3. The van der Waals surface area contributed by atoms with Gasteiger partial charge in [-0.1, -0.05) is 63.2 Å². The van der Waals surface area contributed by atoms with Crippen molar-refractivity contribution in [3.63, 3.8) is 0 Å². The summed E-state index contributed by atoms with van der Waals surface area (Å²) in [4.78, 5) is 2.74. The minimum absolute atomic E-state index is 0.0167. The van der Waals surface area contributed by atoms with Gasteiger partial charge in [-0.25, -0.2) is 8.42 Å². The van der Waals surface area contributed by atoms with Gasteiger partial charge in [0, 0.05) is 26.2 Å². The van der Waals surface area contributed by atoms with Crippen LogP contribution in [-0.2, 0) is 22.0 Å². The highest BCUT2D eigenvalue weighted by atomic mass is 32.2. The van der Waals surface area contributed by atoms with Gasteiger partial charge in [-0.3, -0.25) is 4.90 Å². The monoisotopic (exact) mass is 386 g/mol. The third kappa shape index (κ3) is 4.98. The molecule has 1 saturated heterocycles. The number of nitrogens with zero attached hydrogens (tertiary/aromatic N) is 2. The Balaban J connectivity index is 1.68. The Bertz CT molecular complexity index is 840. The zero-order valence-corrected chi connectivity index (χ0v) is 17.4. The Labute approximate surface area is 163 Å². The van der Waals surface area contributed by atoms with E-state index in [0.717, 1.165) is 31.6 Å². The molecule has 3 rings (SSSR count). The molecule has 146 valence electrons. The predicted molar refractivity (Wildman–Crippen MR) is 110 cm³/mol.